The van der Waals surface area contributed by atoms with E-state index in [9.17, 15) is 13.2 Å². The minimum Gasteiger partial charge on any atom is -0.483 e. The van der Waals surface area contributed by atoms with Crippen molar-refractivity contribution in [2.75, 3.05) is 6.61 Å². The summed E-state index contributed by atoms with van der Waals surface area (Å²) >= 11 is 5.74. The van der Waals surface area contributed by atoms with Crippen molar-refractivity contribution >= 4 is 11.6 Å². The van der Waals surface area contributed by atoms with Crippen molar-refractivity contribution in [3.8, 4) is 5.75 Å². The third kappa shape index (κ3) is 3.93. The standard InChI is InChI=1S/C11H12ClF3O/c1-7(2)8-3-4-9(12)10(5-8)16-6-11(13,14)15/h3-5,7H,6H2,1-2H3. The lowest BCUT2D eigenvalue weighted by molar-refractivity contribution is -0.153. The number of benzene rings is 1. The van der Waals surface area contributed by atoms with Gasteiger partial charge in [0.2, 0.25) is 0 Å². The zero-order valence-corrected chi connectivity index (χ0v) is 9.69. The van der Waals surface area contributed by atoms with Gasteiger partial charge in [0.25, 0.3) is 0 Å². The zero-order valence-electron chi connectivity index (χ0n) is 8.94. The molecule has 0 aliphatic rings. The van der Waals surface area contributed by atoms with Crippen molar-refractivity contribution in [1.29, 1.82) is 0 Å². The van der Waals surface area contributed by atoms with Crippen molar-refractivity contribution in [3.05, 3.63) is 28.8 Å². The molecule has 0 atom stereocenters. The number of alkyl halides is 3. The average molecular weight is 253 g/mol. The largest absolute Gasteiger partial charge is 0.483 e. The van der Waals surface area contributed by atoms with E-state index in [0.29, 0.717) is 0 Å². The van der Waals surface area contributed by atoms with Crippen LogP contribution in [0.25, 0.3) is 0 Å². The molecule has 5 heteroatoms. The topological polar surface area (TPSA) is 9.23 Å². The molecule has 0 amide bonds. The van der Waals surface area contributed by atoms with Crippen LogP contribution in [0.2, 0.25) is 5.02 Å². The summed E-state index contributed by atoms with van der Waals surface area (Å²) in [5, 5.41) is 0.189. The highest BCUT2D eigenvalue weighted by molar-refractivity contribution is 6.32. The molecule has 1 nitrogen and oxygen atoms in total. The maximum Gasteiger partial charge on any atom is 0.422 e. The summed E-state index contributed by atoms with van der Waals surface area (Å²) in [6, 6.07) is 4.86. The van der Waals surface area contributed by atoms with Gasteiger partial charge >= 0.3 is 6.18 Å². The number of rotatable bonds is 3. The Morgan fingerprint density at radius 2 is 1.94 bits per heavy atom. The lowest BCUT2D eigenvalue weighted by atomic mass is 10.0. The van der Waals surface area contributed by atoms with Crippen LogP contribution < -0.4 is 4.74 Å². The van der Waals surface area contributed by atoms with Crippen molar-refractivity contribution in [1.82, 2.24) is 0 Å². The van der Waals surface area contributed by atoms with E-state index in [4.69, 9.17) is 11.6 Å². The van der Waals surface area contributed by atoms with Crippen molar-refractivity contribution in [2.24, 2.45) is 0 Å². The molecule has 0 heterocycles. The smallest absolute Gasteiger partial charge is 0.422 e. The molecule has 0 spiro atoms. The number of hydrogen-bond donors (Lipinski definition) is 0. The van der Waals surface area contributed by atoms with Gasteiger partial charge in [0.05, 0.1) is 5.02 Å². The normalized spacial score (nSPS) is 11.9. The van der Waals surface area contributed by atoms with Crippen LogP contribution in [0.1, 0.15) is 25.3 Å². The molecule has 90 valence electrons. The van der Waals surface area contributed by atoms with E-state index in [1.165, 1.54) is 0 Å². The van der Waals surface area contributed by atoms with Gasteiger partial charge in [-0.05, 0) is 23.6 Å². The highest BCUT2D eigenvalue weighted by Crippen LogP contribution is 2.30. The Morgan fingerprint density at radius 1 is 1.31 bits per heavy atom. The lowest BCUT2D eigenvalue weighted by Gasteiger charge is -2.13. The summed E-state index contributed by atoms with van der Waals surface area (Å²) in [5.41, 5.74) is 0.890. The Kier molecular flexibility index (Phi) is 4.08. The summed E-state index contributed by atoms with van der Waals surface area (Å²) in [4.78, 5) is 0. The second-order valence-corrected chi connectivity index (χ2v) is 4.16. The first-order valence-corrected chi connectivity index (χ1v) is 5.16. The molecule has 1 aromatic carbocycles. The van der Waals surface area contributed by atoms with Crippen molar-refractivity contribution < 1.29 is 17.9 Å². The quantitative estimate of drug-likeness (QED) is 0.775. The van der Waals surface area contributed by atoms with Gasteiger partial charge in [-0.2, -0.15) is 13.2 Å². The number of halogens is 4. The van der Waals surface area contributed by atoms with Gasteiger partial charge < -0.3 is 4.74 Å². The number of hydrogen-bond acceptors (Lipinski definition) is 1. The van der Waals surface area contributed by atoms with Crippen LogP contribution in [0, 0.1) is 0 Å². The molecule has 1 rings (SSSR count). The molecule has 0 saturated heterocycles. The van der Waals surface area contributed by atoms with E-state index >= 15 is 0 Å². The SMILES string of the molecule is CC(C)c1ccc(Cl)c(OCC(F)(F)F)c1. The lowest BCUT2D eigenvalue weighted by Crippen LogP contribution is -2.19. The molecule has 0 radical (unpaired) electrons. The maximum atomic E-state index is 12.0. The average Bonchev–Trinajstić information content (AvgIpc) is 2.14. The van der Waals surface area contributed by atoms with Crippen LogP contribution in [-0.4, -0.2) is 12.8 Å². The third-order valence-electron chi connectivity index (χ3n) is 2.01. The fraction of sp³-hybridized carbons (Fsp3) is 0.455. The Bertz CT molecular complexity index is 361. The molecular weight excluding hydrogens is 241 g/mol. The maximum absolute atomic E-state index is 12.0. The summed E-state index contributed by atoms with van der Waals surface area (Å²) in [6.07, 6.45) is -4.35. The van der Waals surface area contributed by atoms with E-state index in [2.05, 4.69) is 4.74 Å². The van der Waals surface area contributed by atoms with Crippen molar-refractivity contribution in [3.63, 3.8) is 0 Å². The molecule has 0 saturated carbocycles. The predicted octanol–water partition coefficient (Wildman–Crippen LogP) is 4.40. The number of ether oxygens (including phenoxy) is 1. The highest BCUT2D eigenvalue weighted by Gasteiger charge is 2.28. The van der Waals surface area contributed by atoms with Gasteiger partial charge in [-0.3, -0.25) is 0 Å². The fourth-order valence-electron chi connectivity index (χ4n) is 1.15. The molecule has 0 bridgehead atoms. The van der Waals surface area contributed by atoms with Crippen LogP contribution in [0.4, 0.5) is 13.2 Å². The van der Waals surface area contributed by atoms with Gasteiger partial charge in [0.1, 0.15) is 5.75 Å². The first-order valence-electron chi connectivity index (χ1n) is 4.78. The molecule has 0 aliphatic carbocycles. The molecule has 1 aromatic rings. The van der Waals surface area contributed by atoms with Crippen LogP contribution in [0.3, 0.4) is 0 Å². The summed E-state index contributed by atoms with van der Waals surface area (Å²) < 4.78 is 40.5. The molecule has 0 aromatic heterocycles. The Morgan fingerprint density at radius 3 is 2.44 bits per heavy atom. The fourth-order valence-corrected chi connectivity index (χ4v) is 1.32. The van der Waals surface area contributed by atoms with E-state index in [1.54, 1.807) is 18.2 Å². The second kappa shape index (κ2) is 4.95. The van der Waals surface area contributed by atoms with Crippen molar-refractivity contribution in [2.45, 2.75) is 25.9 Å². The van der Waals surface area contributed by atoms with E-state index in [0.717, 1.165) is 5.56 Å². The molecule has 0 fully saturated rings. The van der Waals surface area contributed by atoms with Gasteiger partial charge in [-0.1, -0.05) is 31.5 Å². The van der Waals surface area contributed by atoms with Crippen LogP contribution in [0.5, 0.6) is 5.75 Å². The van der Waals surface area contributed by atoms with E-state index < -0.39 is 12.8 Å². The molecule has 16 heavy (non-hydrogen) atoms. The van der Waals surface area contributed by atoms with E-state index in [-0.39, 0.29) is 16.7 Å². The Labute approximate surface area is 97.2 Å². The molecular formula is C11H12ClF3O. The third-order valence-corrected chi connectivity index (χ3v) is 2.33. The molecule has 0 unspecified atom stereocenters. The van der Waals surface area contributed by atoms with Crippen LogP contribution in [-0.2, 0) is 0 Å². The highest BCUT2D eigenvalue weighted by atomic mass is 35.5. The minimum atomic E-state index is -4.35. The monoisotopic (exact) mass is 252 g/mol. The minimum absolute atomic E-state index is 0.0743. The van der Waals surface area contributed by atoms with Gasteiger partial charge in [-0.15, -0.1) is 0 Å². The van der Waals surface area contributed by atoms with Crippen LogP contribution in [0.15, 0.2) is 18.2 Å². The van der Waals surface area contributed by atoms with E-state index in [1.807, 2.05) is 13.8 Å². The van der Waals surface area contributed by atoms with Gasteiger partial charge in [-0.25, -0.2) is 0 Å². The first-order chi connectivity index (χ1) is 7.29. The summed E-state index contributed by atoms with van der Waals surface area (Å²) in [5.74, 6) is 0.288. The molecule has 0 N–H and O–H groups in total. The summed E-state index contributed by atoms with van der Waals surface area (Å²) in [7, 11) is 0. The second-order valence-electron chi connectivity index (χ2n) is 3.75. The predicted molar refractivity (Wildman–Crippen MR) is 57.1 cm³/mol. The van der Waals surface area contributed by atoms with Gasteiger partial charge in [0, 0.05) is 0 Å². The molecule has 0 aliphatic heterocycles. The Hall–Kier alpha value is -0.900. The first kappa shape index (κ1) is 13.2. The van der Waals surface area contributed by atoms with Gasteiger partial charge in [0.15, 0.2) is 6.61 Å². The zero-order chi connectivity index (χ0) is 12.3. The van der Waals surface area contributed by atoms with Crippen LogP contribution >= 0.6 is 11.6 Å². The Balaban J connectivity index is 2.82. The summed E-state index contributed by atoms with van der Waals surface area (Å²) in [6.45, 7) is 2.56.